The third kappa shape index (κ3) is 7.62. The van der Waals surface area contributed by atoms with Gasteiger partial charge in [0.25, 0.3) is 0 Å². The number of nitrogens with one attached hydrogen (secondary N) is 1. The molecule has 0 rings (SSSR count). The highest BCUT2D eigenvalue weighted by molar-refractivity contribution is 4.80. The molecule has 0 aliphatic carbocycles. The van der Waals surface area contributed by atoms with E-state index in [-0.39, 0.29) is 11.5 Å². The van der Waals surface area contributed by atoms with Crippen molar-refractivity contribution in [1.29, 1.82) is 0 Å². The molecule has 2 unspecified atom stereocenters. The first-order valence-electron chi connectivity index (χ1n) is 5.08. The summed E-state index contributed by atoms with van der Waals surface area (Å²) in [4.78, 5) is 0. The highest BCUT2D eigenvalue weighted by Crippen LogP contribution is 2.21. The quantitative estimate of drug-likeness (QED) is 0.772. The maximum atomic E-state index is 12.0. The Kier molecular flexibility index (Phi) is 5.06. The van der Waals surface area contributed by atoms with Crippen LogP contribution in [0.3, 0.4) is 0 Å². The van der Waals surface area contributed by atoms with E-state index in [0.29, 0.717) is 6.54 Å². The van der Waals surface area contributed by atoms with Gasteiger partial charge in [0, 0.05) is 18.6 Å². The monoisotopic (exact) mass is 226 g/mol. The molecule has 0 bridgehead atoms. The molecule has 0 aliphatic heterocycles. The van der Waals surface area contributed by atoms with Gasteiger partial charge in [-0.1, -0.05) is 20.8 Å². The van der Waals surface area contributed by atoms with Gasteiger partial charge >= 0.3 is 6.18 Å². The van der Waals surface area contributed by atoms with Crippen LogP contribution in [0, 0.1) is 5.41 Å². The highest BCUT2D eigenvalue weighted by Gasteiger charge is 2.30. The molecular weight excluding hydrogens is 205 g/mol. The molecule has 2 nitrogen and oxygen atoms in total. The minimum Gasteiger partial charge on any atom is -0.326 e. The zero-order valence-electron chi connectivity index (χ0n) is 9.78. The van der Waals surface area contributed by atoms with Gasteiger partial charge in [-0.05, 0) is 12.3 Å². The van der Waals surface area contributed by atoms with E-state index in [0.717, 1.165) is 0 Å². The Balaban J connectivity index is 3.87. The maximum absolute atomic E-state index is 12.0. The van der Waals surface area contributed by atoms with E-state index in [1.807, 2.05) is 20.8 Å². The van der Waals surface area contributed by atoms with Gasteiger partial charge in [0.1, 0.15) is 0 Å². The Labute approximate surface area is 89.4 Å². The molecule has 0 aromatic carbocycles. The fourth-order valence-electron chi connectivity index (χ4n) is 1.05. The average molecular weight is 226 g/mol. The molecule has 0 fully saturated rings. The lowest BCUT2D eigenvalue weighted by molar-refractivity contribution is -0.139. The Hall–Kier alpha value is -0.290. The number of hydrogen-bond acceptors (Lipinski definition) is 2. The van der Waals surface area contributed by atoms with Gasteiger partial charge in [0.05, 0.1) is 6.42 Å². The van der Waals surface area contributed by atoms with Gasteiger partial charge in [-0.2, -0.15) is 13.2 Å². The number of rotatable bonds is 4. The summed E-state index contributed by atoms with van der Waals surface area (Å²) >= 11 is 0. The summed E-state index contributed by atoms with van der Waals surface area (Å²) in [6.45, 7) is 7.82. The van der Waals surface area contributed by atoms with Crippen LogP contribution < -0.4 is 11.1 Å². The lowest BCUT2D eigenvalue weighted by Crippen LogP contribution is -2.46. The molecule has 0 aromatic heterocycles. The van der Waals surface area contributed by atoms with Crippen molar-refractivity contribution >= 4 is 0 Å². The normalized spacial score (nSPS) is 17.6. The van der Waals surface area contributed by atoms with Crippen LogP contribution in [-0.4, -0.2) is 24.8 Å². The molecule has 0 aromatic rings. The third-order valence-electron chi connectivity index (χ3n) is 2.34. The number of nitrogens with two attached hydrogens (primary N) is 1. The second-order valence-electron chi connectivity index (χ2n) is 5.10. The standard InChI is InChI=1S/C10H21F3N2/c1-7(5-10(11,12)13)15-6-8(14)9(2,3)4/h7-8,15H,5-6,14H2,1-4H3. The molecule has 0 aliphatic rings. The molecular formula is C10H21F3N2. The van der Waals surface area contributed by atoms with Crippen LogP contribution in [0.1, 0.15) is 34.1 Å². The van der Waals surface area contributed by atoms with E-state index >= 15 is 0 Å². The van der Waals surface area contributed by atoms with Gasteiger partial charge in [-0.3, -0.25) is 0 Å². The molecule has 2 atom stereocenters. The average Bonchev–Trinajstić information content (AvgIpc) is 1.94. The van der Waals surface area contributed by atoms with Crippen molar-refractivity contribution in [3.63, 3.8) is 0 Å². The van der Waals surface area contributed by atoms with Crippen LogP contribution in [0.4, 0.5) is 13.2 Å². The Bertz CT molecular complexity index is 184. The second-order valence-corrected chi connectivity index (χ2v) is 5.10. The van der Waals surface area contributed by atoms with E-state index in [1.165, 1.54) is 6.92 Å². The maximum Gasteiger partial charge on any atom is 0.390 e. The van der Waals surface area contributed by atoms with Crippen molar-refractivity contribution in [3.8, 4) is 0 Å². The summed E-state index contributed by atoms with van der Waals surface area (Å²) in [5, 5.41) is 2.80. The van der Waals surface area contributed by atoms with Crippen LogP contribution in [-0.2, 0) is 0 Å². The first-order valence-corrected chi connectivity index (χ1v) is 5.08. The summed E-state index contributed by atoms with van der Waals surface area (Å²) in [5.41, 5.74) is 5.73. The molecule has 0 spiro atoms. The van der Waals surface area contributed by atoms with E-state index in [1.54, 1.807) is 0 Å². The molecule has 15 heavy (non-hydrogen) atoms. The zero-order valence-corrected chi connectivity index (χ0v) is 9.78. The first kappa shape index (κ1) is 14.7. The minimum atomic E-state index is -4.11. The molecule has 5 heteroatoms. The fraction of sp³-hybridized carbons (Fsp3) is 1.00. The predicted molar refractivity (Wildman–Crippen MR) is 55.6 cm³/mol. The van der Waals surface area contributed by atoms with Gasteiger partial charge in [0.2, 0.25) is 0 Å². The molecule has 0 saturated heterocycles. The molecule has 3 N–H and O–H groups in total. The van der Waals surface area contributed by atoms with E-state index in [2.05, 4.69) is 5.32 Å². The molecule has 0 amide bonds. The van der Waals surface area contributed by atoms with Gasteiger partial charge in [-0.25, -0.2) is 0 Å². The van der Waals surface area contributed by atoms with Crippen LogP contribution in [0.5, 0.6) is 0 Å². The highest BCUT2D eigenvalue weighted by atomic mass is 19.4. The van der Waals surface area contributed by atoms with Crippen molar-refractivity contribution in [3.05, 3.63) is 0 Å². The minimum absolute atomic E-state index is 0.0923. The van der Waals surface area contributed by atoms with Gasteiger partial charge in [0.15, 0.2) is 0 Å². The van der Waals surface area contributed by atoms with Crippen molar-refractivity contribution in [2.75, 3.05) is 6.54 Å². The van der Waals surface area contributed by atoms with Gasteiger partial charge in [-0.15, -0.1) is 0 Å². The van der Waals surface area contributed by atoms with Gasteiger partial charge < -0.3 is 11.1 Å². The summed E-state index contributed by atoms with van der Waals surface area (Å²) in [5.74, 6) is 0. The summed E-state index contributed by atoms with van der Waals surface area (Å²) in [6, 6.07) is -0.730. The van der Waals surface area contributed by atoms with Crippen molar-refractivity contribution in [1.82, 2.24) is 5.32 Å². The van der Waals surface area contributed by atoms with Crippen LogP contribution in [0.2, 0.25) is 0 Å². The van der Waals surface area contributed by atoms with Crippen LogP contribution in [0.15, 0.2) is 0 Å². The van der Waals surface area contributed by atoms with Crippen molar-refractivity contribution in [2.24, 2.45) is 11.1 Å². The second kappa shape index (κ2) is 5.16. The third-order valence-corrected chi connectivity index (χ3v) is 2.34. The smallest absolute Gasteiger partial charge is 0.326 e. The fourth-order valence-corrected chi connectivity index (χ4v) is 1.05. The molecule has 0 radical (unpaired) electrons. The lowest BCUT2D eigenvalue weighted by atomic mass is 9.87. The Morgan fingerprint density at radius 2 is 1.67 bits per heavy atom. The largest absolute Gasteiger partial charge is 0.390 e. The summed E-state index contributed by atoms with van der Waals surface area (Å²) in [6.07, 6.45) is -4.93. The number of hydrogen-bond donors (Lipinski definition) is 2. The van der Waals surface area contributed by atoms with E-state index in [4.69, 9.17) is 5.73 Å². The van der Waals surface area contributed by atoms with Crippen LogP contribution >= 0.6 is 0 Å². The lowest BCUT2D eigenvalue weighted by Gasteiger charge is -2.28. The predicted octanol–water partition coefficient (Wildman–Crippen LogP) is 2.29. The van der Waals surface area contributed by atoms with Crippen LogP contribution in [0.25, 0.3) is 0 Å². The topological polar surface area (TPSA) is 38.0 Å². The first-order chi connectivity index (χ1) is 6.52. The van der Waals surface area contributed by atoms with E-state index < -0.39 is 18.6 Å². The molecule has 92 valence electrons. The zero-order chi connectivity index (χ0) is 12.3. The Morgan fingerprint density at radius 1 is 1.20 bits per heavy atom. The Morgan fingerprint density at radius 3 is 2.00 bits per heavy atom. The van der Waals surface area contributed by atoms with Crippen molar-refractivity contribution < 1.29 is 13.2 Å². The number of alkyl halides is 3. The number of halogens is 3. The molecule has 0 saturated carbocycles. The summed E-state index contributed by atoms with van der Waals surface area (Å²) < 4.78 is 36.0. The SMILES string of the molecule is CC(CC(F)(F)F)NCC(N)C(C)(C)C. The molecule has 0 heterocycles. The summed E-state index contributed by atoms with van der Waals surface area (Å²) in [7, 11) is 0. The van der Waals surface area contributed by atoms with E-state index in [9.17, 15) is 13.2 Å². The van der Waals surface area contributed by atoms with Crippen molar-refractivity contribution in [2.45, 2.75) is 52.4 Å².